The van der Waals surface area contributed by atoms with E-state index in [2.05, 4.69) is 25.4 Å². The third-order valence-corrected chi connectivity index (χ3v) is 6.62. The molecule has 6 rings (SSSR count). The number of halogens is 1. The lowest BCUT2D eigenvalue weighted by Gasteiger charge is -2.36. The standard InChI is InChI=1S/C23H25FN6O4/c24-17-11-26-18-1-2-20(31)30-16(13-34-22(17)21(18)30)12-29-5-3-14(4-6-29)25-10-15-9-19-23(28-27-15)33-8-7-32-19/h1-2,9,11,14,16,25H,3-8,10,12-13H2. The summed E-state index contributed by atoms with van der Waals surface area (Å²) in [6.45, 7) is 4.32. The number of aromatic nitrogens is 4. The number of fused-ring (bicyclic) bond motifs is 1. The second-order valence-electron chi connectivity index (χ2n) is 8.83. The lowest BCUT2D eigenvalue weighted by Crippen LogP contribution is -2.46. The zero-order chi connectivity index (χ0) is 23.1. The van der Waals surface area contributed by atoms with E-state index in [1.807, 2.05) is 6.07 Å². The third kappa shape index (κ3) is 3.94. The zero-order valence-corrected chi connectivity index (χ0v) is 18.6. The Morgan fingerprint density at radius 1 is 1.12 bits per heavy atom. The van der Waals surface area contributed by atoms with Crippen LogP contribution in [0.1, 0.15) is 24.6 Å². The van der Waals surface area contributed by atoms with Crippen molar-refractivity contribution in [3.05, 3.63) is 46.3 Å². The van der Waals surface area contributed by atoms with Crippen LogP contribution in [0.5, 0.6) is 17.4 Å². The molecular formula is C23H25FN6O4. The van der Waals surface area contributed by atoms with E-state index in [-0.39, 0.29) is 24.0 Å². The lowest BCUT2D eigenvalue weighted by atomic mass is 10.0. The number of nitrogens with one attached hydrogen (secondary N) is 1. The SMILES string of the molecule is O=c1ccc2ncc(F)c3c2n1C(CN1CCC(NCc2cc4c(nn2)OCCO4)CC1)CO3. The molecule has 0 bridgehead atoms. The van der Waals surface area contributed by atoms with Crippen LogP contribution in [-0.4, -0.2) is 70.1 Å². The Bertz CT molecular complexity index is 1280. The molecule has 1 N–H and O–H groups in total. The van der Waals surface area contributed by atoms with E-state index in [0.717, 1.165) is 37.8 Å². The largest absolute Gasteiger partial charge is 0.486 e. The van der Waals surface area contributed by atoms with Gasteiger partial charge in [0.25, 0.3) is 11.4 Å². The molecule has 6 heterocycles. The van der Waals surface area contributed by atoms with Crippen LogP contribution in [0, 0.1) is 5.82 Å². The average molecular weight is 468 g/mol. The van der Waals surface area contributed by atoms with Crippen molar-refractivity contribution in [2.75, 3.05) is 39.5 Å². The summed E-state index contributed by atoms with van der Waals surface area (Å²) in [6, 6.07) is 5.16. The molecule has 0 amide bonds. The summed E-state index contributed by atoms with van der Waals surface area (Å²) < 4.78 is 32.6. The summed E-state index contributed by atoms with van der Waals surface area (Å²) in [5, 5.41) is 11.9. The highest BCUT2D eigenvalue weighted by atomic mass is 19.1. The maximum atomic E-state index is 14.2. The van der Waals surface area contributed by atoms with Crippen molar-refractivity contribution in [2.45, 2.75) is 31.5 Å². The zero-order valence-electron chi connectivity index (χ0n) is 18.6. The van der Waals surface area contributed by atoms with Gasteiger partial charge in [-0.2, -0.15) is 5.10 Å². The highest BCUT2D eigenvalue weighted by Crippen LogP contribution is 2.33. The average Bonchev–Trinajstić information content (AvgIpc) is 2.87. The van der Waals surface area contributed by atoms with E-state index in [0.29, 0.717) is 55.0 Å². The van der Waals surface area contributed by atoms with Gasteiger partial charge in [-0.15, -0.1) is 5.10 Å². The second-order valence-corrected chi connectivity index (χ2v) is 8.83. The summed E-state index contributed by atoms with van der Waals surface area (Å²) in [6.07, 6.45) is 3.08. The van der Waals surface area contributed by atoms with E-state index >= 15 is 0 Å². The van der Waals surface area contributed by atoms with Crippen LogP contribution in [0.4, 0.5) is 4.39 Å². The molecule has 1 unspecified atom stereocenters. The van der Waals surface area contributed by atoms with Gasteiger partial charge in [0.1, 0.15) is 25.3 Å². The number of likely N-dealkylation sites (tertiary alicyclic amines) is 1. The third-order valence-electron chi connectivity index (χ3n) is 6.62. The molecule has 1 saturated heterocycles. The van der Waals surface area contributed by atoms with Gasteiger partial charge in [-0.3, -0.25) is 14.3 Å². The normalized spacial score (nSPS) is 20.3. The number of pyridine rings is 2. The minimum Gasteiger partial charge on any atom is -0.486 e. The first-order valence-corrected chi connectivity index (χ1v) is 11.6. The molecule has 3 aromatic heterocycles. The Hall–Kier alpha value is -3.31. The molecule has 11 heteroatoms. The first kappa shape index (κ1) is 21.2. The van der Waals surface area contributed by atoms with Crippen molar-refractivity contribution in [3.63, 3.8) is 0 Å². The molecule has 3 aliphatic heterocycles. The Balaban J connectivity index is 1.07. The smallest absolute Gasteiger partial charge is 0.276 e. The minimum atomic E-state index is -0.542. The molecule has 0 radical (unpaired) electrons. The number of nitrogens with zero attached hydrogens (tertiary/aromatic N) is 5. The van der Waals surface area contributed by atoms with Gasteiger partial charge in [0, 0.05) is 31.3 Å². The lowest BCUT2D eigenvalue weighted by molar-refractivity contribution is 0.137. The molecule has 0 spiro atoms. The minimum absolute atomic E-state index is 0.115. The van der Waals surface area contributed by atoms with Crippen molar-refractivity contribution >= 4 is 11.0 Å². The van der Waals surface area contributed by atoms with Crippen LogP contribution >= 0.6 is 0 Å². The highest BCUT2D eigenvalue weighted by Gasteiger charge is 2.29. The first-order valence-electron chi connectivity index (χ1n) is 11.6. The van der Waals surface area contributed by atoms with Gasteiger partial charge in [-0.25, -0.2) is 4.39 Å². The maximum absolute atomic E-state index is 14.2. The molecule has 10 nitrogen and oxygen atoms in total. The van der Waals surface area contributed by atoms with Gasteiger partial charge >= 0.3 is 0 Å². The van der Waals surface area contributed by atoms with E-state index in [1.165, 1.54) is 6.07 Å². The molecule has 3 aliphatic rings. The fourth-order valence-electron chi connectivity index (χ4n) is 4.91. The van der Waals surface area contributed by atoms with Gasteiger partial charge in [0.15, 0.2) is 17.3 Å². The first-order chi connectivity index (χ1) is 16.7. The summed E-state index contributed by atoms with van der Waals surface area (Å²) in [5.41, 5.74) is 1.66. The van der Waals surface area contributed by atoms with Gasteiger partial charge in [0.2, 0.25) is 0 Å². The Labute approximate surface area is 194 Å². The van der Waals surface area contributed by atoms with Crippen LogP contribution in [0.2, 0.25) is 0 Å². The van der Waals surface area contributed by atoms with Gasteiger partial charge < -0.3 is 24.4 Å². The van der Waals surface area contributed by atoms with Crippen LogP contribution in [0.15, 0.2) is 29.2 Å². The summed E-state index contributed by atoms with van der Waals surface area (Å²) in [7, 11) is 0. The van der Waals surface area contributed by atoms with E-state index in [4.69, 9.17) is 14.2 Å². The van der Waals surface area contributed by atoms with Crippen LogP contribution in [0.3, 0.4) is 0 Å². The summed E-state index contributed by atoms with van der Waals surface area (Å²) >= 11 is 0. The van der Waals surface area contributed by atoms with E-state index < -0.39 is 5.82 Å². The molecule has 34 heavy (non-hydrogen) atoms. The number of piperidine rings is 1. The molecule has 0 aromatic carbocycles. The molecule has 178 valence electrons. The second kappa shape index (κ2) is 8.80. The number of rotatable bonds is 5. The Morgan fingerprint density at radius 2 is 1.97 bits per heavy atom. The molecule has 1 atom stereocenters. The summed E-state index contributed by atoms with van der Waals surface area (Å²) in [5.74, 6) is 0.666. The Morgan fingerprint density at radius 3 is 2.85 bits per heavy atom. The monoisotopic (exact) mass is 468 g/mol. The van der Waals surface area contributed by atoms with E-state index in [1.54, 1.807) is 10.6 Å². The van der Waals surface area contributed by atoms with Crippen molar-refractivity contribution in [2.24, 2.45) is 0 Å². The quantitative estimate of drug-likeness (QED) is 0.593. The number of hydrogen-bond donors (Lipinski definition) is 1. The van der Waals surface area contributed by atoms with Crippen molar-refractivity contribution < 1.29 is 18.6 Å². The molecule has 0 saturated carbocycles. The molecule has 0 aliphatic carbocycles. The van der Waals surface area contributed by atoms with Crippen molar-refractivity contribution in [3.8, 4) is 17.4 Å². The number of ether oxygens (including phenoxy) is 3. The molecular weight excluding hydrogens is 443 g/mol. The predicted octanol–water partition coefficient (Wildman–Crippen LogP) is 1.28. The topological polar surface area (TPSA) is 104 Å². The van der Waals surface area contributed by atoms with Crippen LogP contribution in [-0.2, 0) is 6.54 Å². The Kier molecular flexibility index (Phi) is 5.50. The van der Waals surface area contributed by atoms with Gasteiger partial charge in [0.05, 0.1) is 23.4 Å². The molecule has 1 fully saturated rings. The van der Waals surface area contributed by atoms with Gasteiger partial charge in [-0.05, 0) is 32.0 Å². The van der Waals surface area contributed by atoms with E-state index in [9.17, 15) is 9.18 Å². The summed E-state index contributed by atoms with van der Waals surface area (Å²) in [4.78, 5) is 19.1. The maximum Gasteiger partial charge on any atom is 0.276 e. The van der Waals surface area contributed by atoms with Crippen LogP contribution in [0.25, 0.3) is 11.0 Å². The van der Waals surface area contributed by atoms with Gasteiger partial charge in [-0.1, -0.05) is 0 Å². The predicted molar refractivity (Wildman–Crippen MR) is 120 cm³/mol. The number of hydrogen-bond acceptors (Lipinski definition) is 9. The van der Waals surface area contributed by atoms with Crippen LogP contribution < -0.4 is 25.1 Å². The fourth-order valence-corrected chi connectivity index (χ4v) is 4.91. The molecule has 3 aromatic rings. The van der Waals surface area contributed by atoms with Crippen molar-refractivity contribution in [1.82, 2.24) is 30.0 Å². The fraction of sp³-hybridized carbons (Fsp3) is 0.478. The highest BCUT2D eigenvalue weighted by molar-refractivity contribution is 5.82. The van der Waals surface area contributed by atoms with Crippen molar-refractivity contribution in [1.29, 1.82) is 0 Å².